The summed E-state index contributed by atoms with van der Waals surface area (Å²) in [6.07, 6.45) is 1.20. The number of halogens is 1. The largest absolute Gasteiger partial charge is 0.490 e. The zero-order valence-corrected chi connectivity index (χ0v) is 8.08. The van der Waals surface area contributed by atoms with E-state index in [1.165, 1.54) is 17.1 Å². The topological polar surface area (TPSA) is 73.8 Å². The first-order valence-corrected chi connectivity index (χ1v) is 4.44. The Morgan fingerprint density at radius 2 is 2.19 bits per heavy atom. The molecule has 0 aliphatic rings. The lowest BCUT2D eigenvalue weighted by Gasteiger charge is -1.98. The van der Waals surface area contributed by atoms with E-state index >= 15 is 0 Å². The highest BCUT2D eigenvalue weighted by Gasteiger charge is 2.13. The number of hydrogen-bond acceptors (Lipinski definition) is 4. The molecule has 0 amide bonds. The molecule has 0 bridgehead atoms. The van der Waals surface area contributed by atoms with E-state index in [1.807, 2.05) is 0 Å². The molecule has 2 rings (SSSR count). The molecule has 0 fully saturated rings. The van der Waals surface area contributed by atoms with E-state index in [-0.39, 0.29) is 12.4 Å². The summed E-state index contributed by atoms with van der Waals surface area (Å²) in [7, 11) is 0. The molecule has 0 atom stereocenters. The van der Waals surface area contributed by atoms with Gasteiger partial charge >= 0.3 is 5.95 Å². The van der Waals surface area contributed by atoms with Crippen LogP contribution in [0.3, 0.4) is 0 Å². The maximum atomic E-state index is 13.2. The van der Waals surface area contributed by atoms with Gasteiger partial charge in [-0.05, 0) is 11.0 Å². The molecule has 0 saturated carbocycles. The van der Waals surface area contributed by atoms with Crippen molar-refractivity contribution in [2.45, 2.75) is 6.54 Å². The second kappa shape index (κ2) is 4.05. The van der Waals surface area contributed by atoms with Crippen molar-refractivity contribution in [3.05, 3.63) is 52.1 Å². The molecule has 1 aromatic carbocycles. The summed E-state index contributed by atoms with van der Waals surface area (Å²) in [5, 5.41) is 13.9. The monoisotopic (exact) mass is 222 g/mol. The molecule has 0 saturated heterocycles. The molecule has 0 radical (unpaired) electrons. The van der Waals surface area contributed by atoms with Gasteiger partial charge in [-0.3, -0.25) is 0 Å². The third-order valence-corrected chi connectivity index (χ3v) is 1.98. The summed E-state index contributed by atoms with van der Waals surface area (Å²) in [5.41, 5.74) is 0.405. The van der Waals surface area contributed by atoms with Gasteiger partial charge in [0.1, 0.15) is 5.82 Å². The Balaban J connectivity index is 2.21. The lowest BCUT2D eigenvalue weighted by atomic mass is 10.2. The molecule has 0 aliphatic heterocycles. The summed E-state index contributed by atoms with van der Waals surface area (Å²) < 4.78 is 14.5. The Bertz CT molecular complexity index is 526. The minimum absolute atomic E-state index is 0.119. The molecule has 16 heavy (non-hydrogen) atoms. The lowest BCUT2D eigenvalue weighted by Crippen LogP contribution is -2.03. The van der Waals surface area contributed by atoms with Gasteiger partial charge in [-0.25, -0.2) is 4.39 Å². The second-order valence-electron chi connectivity index (χ2n) is 3.09. The van der Waals surface area contributed by atoms with Crippen LogP contribution in [0.25, 0.3) is 0 Å². The van der Waals surface area contributed by atoms with Crippen molar-refractivity contribution in [2.24, 2.45) is 0 Å². The summed E-state index contributed by atoms with van der Waals surface area (Å²) in [5.74, 6) is -0.864. The average molecular weight is 222 g/mol. The van der Waals surface area contributed by atoms with Crippen LogP contribution in [-0.2, 0) is 6.54 Å². The van der Waals surface area contributed by atoms with Gasteiger partial charge in [0.25, 0.3) is 0 Å². The van der Waals surface area contributed by atoms with E-state index in [1.54, 1.807) is 18.2 Å². The Kier molecular flexibility index (Phi) is 2.59. The standard InChI is InChI=1S/C9H7FN4O2/c10-8-4-2-1-3-7(8)5-13-6-11-9(12-13)14(15)16/h1-4,6H,5H2. The highest BCUT2D eigenvalue weighted by atomic mass is 19.1. The Hall–Kier alpha value is -2.31. The van der Waals surface area contributed by atoms with Crippen LogP contribution in [-0.4, -0.2) is 19.7 Å². The first kappa shape index (κ1) is 10.2. The molecular formula is C9H7FN4O2. The van der Waals surface area contributed by atoms with Crippen molar-refractivity contribution >= 4 is 5.95 Å². The van der Waals surface area contributed by atoms with Crippen LogP contribution in [0, 0.1) is 15.9 Å². The normalized spacial score (nSPS) is 10.3. The minimum atomic E-state index is -0.697. The first-order chi connectivity index (χ1) is 7.66. The van der Waals surface area contributed by atoms with Gasteiger partial charge < -0.3 is 10.1 Å². The Morgan fingerprint density at radius 3 is 2.81 bits per heavy atom. The molecule has 6 nitrogen and oxygen atoms in total. The summed E-state index contributed by atoms with van der Waals surface area (Å²) in [6, 6.07) is 6.16. The van der Waals surface area contributed by atoms with E-state index in [4.69, 9.17) is 0 Å². The van der Waals surface area contributed by atoms with Gasteiger partial charge in [-0.1, -0.05) is 23.2 Å². The number of rotatable bonds is 3. The Labute approximate surface area is 89.5 Å². The number of hydrogen-bond donors (Lipinski definition) is 0. The van der Waals surface area contributed by atoms with Crippen molar-refractivity contribution < 1.29 is 9.31 Å². The highest BCUT2D eigenvalue weighted by Crippen LogP contribution is 2.08. The van der Waals surface area contributed by atoms with E-state index in [0.29, 0.717) is 5.56 Å². The molecule has 2 aromatic rings. The SMILES string of the molecule is O=[N+]([O-])c1ncn(Cc2ccccc2F)n1. The van der Waals surface area contributed by atoms with Crippen molar-refractivity contribution in [3.8, 4) is 0 Å². The van der Waals surface area contributed by atoms with Crippen LogP contribution in [0.4, 0.5) is 10.3 Å². The minimum Gasteiger partial charge on any atom is -0.390 e. The fourth-order valence-electron chi connectivity index (χ4n) is 1.25. The maximum absolute atomic E-state index is 13.2. The molecule has 82 valence electrons. The van der Waals surface area contributed by atoms with E-state index in [2.05, 4.69) is 10.1 Å². The quantitative estimate of drug-likeness (QED) is 0.580. The van der Waals surface area contributed by atoms with Gasteiger partial charge in [0.05, 0.1) is 6.54 Å². The van der Waals surface area contributed by atoms with Crippen molar-refractivity contribution in [3.63, 3.8) is 0 Å². The molecule has 0 spiro atoms. The molecule has 1 aromatic heterocycles. The first-order valence-electron chi connectivity index (χ1n) is 4.44. The Morgan fingerprint density at radius 1 is 1.44 bits per heavy atom. The van der Waals surface area contributed by atoms with E-state index < -0.39 is 10.9 Å². The van der Waals surface area contributed by atoms with E-state index in [9.17, 15) is 14.5 Å². The second-order valence-corrected chi connectivity index (χ2v) is 3.09. The van der Waals surface area contributed by atoms with Crippen molar-refractivity contribution in [2.75, 3.05) is 0 Å². The van der Waals surface area contributed by atoms with E-state index in [0.717, 1.165) is 0 Å². The van der Waals surface area contributed by atoms with Crippen LogP contribution in [0.15, 0.2) is 30.6 Å². The third kappa shape index (κ3) is 2.02. The number of aromatic nitrogens is 3. The zero-order valence-electron chi connectivity index (χ0n) is 8.08. The molecule has 0 unspecified atom stereocenters. The zero-order chi connectivity index (χ0) is 11.5. The molecule has 1 heterocycles. The van der Waals surface area contributed by atoms with Crippen LogP contribution < -0.4 is 0 Å². The van der Waals surface area contributed by atoms with Gasteiger partial charge in [0, 0.05) is 10.7 Å². The van der Waals surface area contributed by atoms with Crippen molar-refractivity contribution in [1.29, 1.82) is 0 Å². The number of benzene rings is 1. The van der Waals surface area contributed by atoms with Gasteiger partial charge in [0.15, 0.2) is 0 Å². The fourth-order valence-corrected chi connectivity index (χ4v) is 1.25. The highest BCUT2D eigenvalue weighted by molar-refractivity contribution is 5.17. The van der Waals surface area contributed by atoms with Gasteiger partial charge in [-0.2, -0.15) is 4.68 Å². The summed E-state index contributed by atoms with van der Waals surface area (Å²) in [4.78, 5) is 13.1. The van der Waals surface area contributed by atoms with Gasteiger partial charge in [0.2, 0.25) is 6.33 Å². The van der Waals surface area contributed by atoms with Gasteiger partial charge in [-0.15, -0.1) is 0 Å². The number of nitrogens with zero attached hydrogens (tertiary/aromatic N) is 4. The van der Waals surface area contributed by atoms with Crippen LogP contribution >= 0.6 is 0 Å². The third-order valence-electron chi connectivity index (χ3n) is 1.98. The van der Waals surface area contributed by atoms with Crippen LogP contribution in [0.2, 0.25) is 0 Å². The van der Waals surface area contributed by atoms with Crippen LogP contribution in [0.1, 0.15) is 5.56 Å². The fraction of sp³-hybridized carbons (Fsp3) is 0.111. The predicted octanol–water partition coefficient (Wildman–Crippen LogP) is 1.37. The molecule has 0 N–H and O–H groups in total. The maximum Gasteiger partial charge on any atom is 0.490 e. The molecule has 0 aliphatic carbocycles. The van der Waals surface area contributed by atoms with Crippen molar-refractivity contribution in [1.82, 2.24) is 14.8 Å². The average Bonchev–Trinajstić information content (AvgIpc) is 2.70. The smallest absolute Gasteiger partial charge is 0.390 e. The molecular weight excluding hydrogens is 215 g/mol. The molecule has 7 heteroatoms. The summed E-state index contributed by atoms with van der Waals surface area (Å²) >= 11 is 0. The lowest BCUT2D eigenvalue weighted by molar-refractivity contribution is -0.394. The van der Waals surface area contributed by atoms with Crippen LogP contribution in [0.5, 0.6) is 0 Å². The number of nitro groups is 1. The predicted molar refractivity (Wildman–Crippen MR) is 52.2 cm³/mol. The summed E-state index contributed by atoms with van der Waals surface area (Å²) in [6.45, 7) is 0.119.